The monoisotopic (exact) mass is 656 g/mol. The molecule has 2 aromatic carbocycles. The van der Waals surface area contributed by atoms with E-state index >= 15 is 0 Å². The fourth-order valence-corrected chi connectivity index (χ4v) is 6.20. The van der Waals surface area contributed by atoms with Crippen LogP contribution < -0.4 is 9.47 Å². The van der Waals surface area contributed by atoms with E-state index in [2.05, 4.69) is 9.89 Å². The molecule has 0 spiro atoms. The average molecular weight is 657 g/mol. The van der Waals surface area contributed by atoms with Crippen LogP contribution in [-0.4, -0.2) is 84.6 Å². The highest BCUT2D eigenvalue weighted by Crippen LogP contribution is 2.39. The first-order chi connectivity index (χ1) is 21.3. The van der Waals surface area contributed by atoms with E-state index in [1.54, 1.807) is 12.1 Å². The molecule has 15 heteroatoms. The Morgan fingerprint density at radius 3 is 2.29 bits per heavy atom. The number of aliphatic imine (C=N–C) groups is 1. The van der Waals surface area contributed by atoms with Crippen LogP contribution >= 0.6 is 11.8 Å². The van der Waals surface area contributed by atoms with Crippen LogP contribution in [0.3, 0.4) is 0 Å². The van der Waals surface area contributed by atoms with E-state index in [-0.39, 0.29) is 23.5 Å². The first-order valence-corrected chi connectivity index (χ1v) is 15.0. The van der Waals surface area contributed by atoms with Gasteiger partial charge in [-0.2, -0.15) is 31.3 Å². The van der Waals surface area contributed by atoms with Gasteiger partial charge in [-0.1, -0.05) is 12.1 Å². The Kier molecular flexibility index (Phi) is 9.68. The number of carbonyl (C=O) groups is 2. The van der Waals surface area contributed by atoms with Crippen molar-refractivity contribution in [3.05, 3.63) is 63.6 Å². The predicted molar refractivity (Wildman–Crippen MR) is 156 cm³/mol. The third-order valence-electron chi connectivity index (χ3n) is 7.68. The number of alkyl halides is 6. The molecule has 8 nitrogen and oxygen atoms in total. The van der Waals surface area contributed by atoms with Gasteiger partial charge < -0.3 is 19.3 Å². The topological polar surface area (TPSA) is 74.7 Å². The number of likely N-dealkylation sites (tertiary alicyclic amines) is 1. The van der Waals surface area contributed by atoms with Crippen LogP contribution in [0.2, 0.25) is 0 Å². The molecule has 0 atom stereocenters. The Morgan fingerprint density at radius 1 is 0.933 bits per heavy atom. The highest BCUT2D eigenvalue weighted by Gasteiger charge is 2.38. The summed E-state index contributed by atoms with van der Waals surface area (Å²) in [5.74, 6) is -0.0496. The number of carbonyl (C=O) groups excluding carboxylic acids is 2. The zero-order chi connectivity index (χ0) is 32.4. The van der Waals surface area contributed by atoms with Gasteiger partial charge in [-0.05, 0) is 60.5 Å². The van der Waals surface area contributed by atoms with E-state index in [1.807, 2.05) is 9.80 Å². The van der Waals surface area contributed by atoms with Crippen molar-refractivity contribution in [2.24, 2.45) is 4.99 Å². The second kappa shape index (κ2) is 13.3. The summed E-state index contributed by atoms with van der Waals surface area (Å²) < 4.78 is 90.4. The molecule has 5 rings (SSSR count). The van der Waals surface area contributed by atoms with E-state index in [9.17, 15) is 35.9 Å². The number of benzene rings is 2. The van der Waals surface area contributed by atoms with E-state index < -0.39 is 41.6 Å². The summed E-state index contributed by atoms with van der Waals surface area (Å²) in [6.45, 7) is 3.93. The summed E-state index contributed by atoms with van der Waals surface area (Å²) in [7, 11) is 1.33. The number of ether oxygens (including phenoxy) is 2. The quantitative estimate of drug-likeness (QED) is 0.287. The molecule has 2 fully saturated rings. The van der Waals surface area contributed by atoms with Crippen molar-refractivity contribution in [1.29, 1.82) is 0 Å². The van der Waals surface area contributed by atoms with E-state index in [0.29, 0.717) is 54.4 Å². The molecule has 0 radical (unpaired) electrons. The minimum Gasteiger partial charge on any atom is -0.493 e. The summed E-state index contributed by atoms with van der Waals surface area (Å²) in [5.41, 5.74) is -2.78. The van der Waals surface area contributed by atoms with E-state index in [4.69, 9.17) is 9.47 Å². The molecule has 2 saturated heterocycles. The molecule has 3 aliphatic heterocycles. The molecule has 0 saturated carbocycles. The van der Waals surface area contributed by atoms with Crippen LogP contribution in [-0.2, 0) is 28.5 Å². The van der Waals surface area contributed by atoms with Crippen molar-refractivity contribution >= 4 is 34.8 Å². The number of amides is 2. The first-order valence-electron chi connectivity index (χ1n) is 14.2. The molecular weight excluding hydrogens is 626 g/mol. The predicted octanol–water partition coefficient (Wildman–Crippen LogP) is 5.52. The van der Waals surface area contributed by atoms with Crippen molar-refractivity contribution in [2.45, 2.75) is 31.8 Å². The zero-order valence-corrected chi connectivity index (χ0v) is 25.0. The second-order valence-electron chi connectivity index (χ2n) is 10.7. The van der Waals surface area contributed by atoms with Gasteiger partial charge in [0.1, 0.15) is 6.61 Å². The molecule has 3 heterocycles. The summed E-state index contributed by atoms with van der Waals surface area (Å²) in [4.78, 5) is 35.7. The lowest BCUT2D eigenvalue weighted by atomic mass is 10.0. The van der Waals surface area contributed by atoms with Crippen LogP contribution in [0.25, 0.3) is 6.08 Å². The number of hydrogen-bond acceptors (Lipinski definition) is 7. The zero-order valence-electron chi connectivity index (χ0n) is 24.2. The summed E-state index contributed by atoms with van der Waals surface area (Å²) in [6.07, 6.45) is -6.25. The maximum atomic E-state index is 13.5. The van der Waals surface area contributed by atoms with Crippen LogP contribution in [0.5, 0.6) is 11.5 Å². The van der Waals surface area contributed by atoms with Crippen LogP contribution in [0, 0.1) is 0 Å². The maximum Gasteiger partial charge on any atom is 0.416 e. The van der Waals surface area contributed by atoms with Crippen LogP contribution in [0.15, 0.2) is 46.3 Å². The Hall–Kier alpha value is -3.72. The molecule has 242 valence electrons. The third kappa shape index (κ3) is 7.93. The Bertz CT molecular complexity index is 1500. The number of piperazine rings is 1. The van der Waals surface area contributed by atoms with Gasteiger partial charge in [0.05, 0.1) is 29.7 Å². The van der Waals surface area contributed by atoms with Gasteiger partial charge in [0.15, 0.2) is 16.7 Å². The van der Waals surface area contributed by atoms with Crippen molar-refractivity contribution < 1.29 is 45.4 Å². The molecule has 2 aromatic rings. The lowest BCUT2D eigenvalue weighted by Crippen LogP contribution is -2.50. The number of nitrogens with zero attached hydrogens (tertiary/aromatic N) is 4. The average Bonchev–Trinajstić information content (AvgIpc) is 3.66. The minimum atomic E-state index is -5.02. The van der Waals surface area contributed by atoms with Crippen LogP contribution in [0.1, 0.15) is 35.1 Å². The van der Waals surface area contributed by atoms with E-state index in [0.717, 1.165) is 32.0 Å². The Balaban J connectivity index is 1.20. The molecule has 3 aliphatic rings. The molecule has 0 bridgehead atoms. The Labute approximate surface area is 259 Å². The molecular formula is C30H30F6N4O4S. The number of thioether (sulfide) groups is 1. The normalized spacial score (nSPS) is 19.0. The van der Waals surface area contributed by atoms with E-state index in [1.165, 1.54) is 31.0 Å². The molecule has 0 aliphatic carbocycles. The minimum absolute atomic E-state index is 0.0637. The fourth-order valence-electron chi connectivity index (χ4n) is 5.23. The van der Waals surface area contributed by atoms with Gasteiger partial charge >= 0.3 is 12.4 Å². The lowest BCUT2D eigenvalue weighted by molar-refractivity contribution is -0.143. The lowest BCUT2D eigenvalue weighted by Gasteiger charge is -2.35. The highest BCUT2D eigenvalue weighted by atomic mass is 32.2. The Morgan fingerprint density at radius 2 is 1.64 bits per heavy atom. The van der Waals surface area contributed by atoms with Crippen molar-refractivity contribution in [3.8, 4) is 11.5 Å². The smallest absolute Gasteiger partial charge is 0.416 e. The summed E-state index contributed by atoms with van der Waals surface area (Å²) in [5, 5.41) is 0.570. The van der Waals surface area contributed by atoms with Gasteiger partial charge in [-0.15, -0.1) is 0 Å². The SMILES string of the molecule is COc1cc(C=C2SC(N3CCN(CC(=O)N4CCCC4)CC3)=NC2=O)ccc1OCc1ccc(C(F)(F)F)cc1C(F)(F)F. The number of amidine groups is 1. The molecule has 0 aromatic heterocycles. The number of hydrogen-bond donors (Lipinski definition) is 0. The van der Waals surface area contributed by atoms with Gasteiger partial charge in [0, 0.05) is 44.8 Å². The van der Waals surface area contributed by atoms with Gasteiger partial charge in [-0.25, -0.2) is 0 Å². The number of methoxy groups -OCH3 is 1. The number of rotatable bonds is 7. The molecule has 0 unspecified atom stereocenters. The largest absolute Gasteiger partial charge is 0.493 e. The molecule has 2 amide bonds. The number of halogens is 6. The highest BCUT2D eigenvalue weighted by molar-refractivity contribution is 8.18. The van der Waals surface area contributed by atoms with Gasteiger partial charge in [-0.3, -0.25) is 14.5 Å². The maximum absolute atomic E-state index is 13.5. The second-order valence-corrected chi connectivity index (χ2v) is 11.7. The van der Waals surface area contributed by atoms with Gasteiger partial charge in [0.2, 0.25) is 5.91 Å². The first kappa shape index (κ1) is 32.7. The van der Waals surface area contributed by atoms with Crippen LogP contribution in [0.4, 0.5) is 26.3 Å². The summed E-state index contributed by atoms with van der Waals surface area (Å²) in [6, 6.07) is 5.92. The standard InChI is InChI=1S/C30H30F6N4O4S/c1-43-24-14-19(4-7-23(24)44-18-20-5-6-21(29(31,32)33)16-22(20)30(34,35)36)15-25-27(42)37-28(45-25)40-12-10-38(11-13-40)17-26(41)39-8-2-3-9-39/h4-7,14-16H,2-3,8-13,17-18H2,1H3. The molecule has 45 heavy (non-hydrogen) atoms. The fraction of sp³-hybridized carbons (Fsp3) is 0.433. The summed E-state index contributed by atoms with van der Waals surface area (Å²) >= 11 is 1.22. The van der Waals surface area contributed by atoms with Crippen molar-refractivity contribution in [2.75, 3.05) is 52.9 Å². The third-order valence-corrected chi connectivity index (χ3v) is 8.73. The van der Waals surface area contributed by atoms with Crippen molar-refractivity contribution in [3.63, 3.8) is 0 Å². The van der Waals surface area contributed by atoms with Gasteiger partial charge in [0.25, 0.3) is 5.91 Å². The molecule has 0 N–H and O–H groups in total. The van der Waals surface area contributed by atoms with Crippen molar-refractivity contribution in [1.82, 2.24) is 14.7 Å².